The highest BCUT2D eigenvalue weighted by Crippen LogP contribution is 2.31. The van der Waals surface area contributed by atoms with Crippen LogP contribution in [0, 0.1) is 5.92 Å². The Labute approximate surface area is 158 Å². The van der Waals surface area contributed by atoms with Crippen LogP contribution in [0.2, 0.25) is 5.02 Å². The van der Waals surface area contributed by atoms with Gasteiger partial charge in [0.1, 0.15) is 0 Å². The summed E-state index contributed by atoms with van der Waals surface area (Å²) in [5, 5.41) is 3.16. The van der Waals surface area contributed by atoms with Crippen LogP contribution in [0.15, 0.2) is 18.2 Å². The minimum Gasteiger partial charge on any atom is -0.345 e. The molecule has 6 nitrogen and oxygen atoms in total. The van der Waals surface area contributed by atoms with Gasteiger partial charge in [-0.15, -0.1) is 0 Å². The standard InChI is InChI=1S/C19H24ClN3O3/c1-22(2)19(26)12-7-8-15(20)16(9-12)21-18(25)13-10-17(24)23(11-13)14-5-3-4-6-14/h7-9,13-14H,3-6,10-11H2,1-2H3,(H,21,25). The lowest BCUT2D eigenvalue weighted by atomic mass is 10.1. The van der Waals surface area contributed by atoms with Crippen molar-refractivity contribution in [2.24, 2.45) is 5.92 Å². The molecule has 1 saturated heterocycles. The van der Waals surface area contributed by atoms with Crippen molar-refractivity contribution in [1.82, 2.24) is 9.80 Å². The molecule has 1 unspecified atom stereocenters. The summed E-state index contributed by atoms with van der Waals surface area (Å²) in [7, 11) is 3.33. The Morgan fingerprint density at radius 3 is 2.58 bits per heavy atom. The summed E-state index contributed by atoms with van der Waals surface area (Å²) < 4.78 is 0. The SMILES string of the molecule is CN(C)C(=O)c1ccc(Cl)c(NC(=O)C2CC(=O)N(C3CCCC3)C2)c1. The lowest BCUT2D eigenvalue weighted by Crippen LogP contribution is -2.35. The largest absolute Gasteiger partial charge is 0.345 e. The van der Waals surface area contributed by atoms with Crippen LogP contribution < -0.4 is 5.32 Å². The zero-order valence-electron chi connectivity index (χ0n) is 15.1. The lowest BCUT2D eigenvalue weighted by molar-refractivity contribution is -0.129. The summed E-state index contributed by atoms with van der Waals surface area (Å²) in [6, 6.07) is 5.08. The summed E-state index contributed by atoms with van der Waals surface area (Å²) >= 11 is 6.18. The number of hydrogen-bond donors (Lipinski definition) is 1. The van der Waals surface area contributed by atoms with Crippen LogP contribution in [0.4, 0.5) is 5.69 Å². The molecular formula is C19H24ClN3O3. The van der Waals surface area contributed by atoms with E-state index in [1.165, 1.54) is 4.90 Å². The maximum absolute atomic E-state index is 12.6. The first-order valence-corrected chi connectivity index (χ1v) is 9.36. The Morgan fingerprint density at radius 1 is 1.23 bits per heavy atom. The monoisotopic (exact) mass is 377 g/mol. The summed E-state index contributed by atoms with van der Waals surface area (Å²) in [6.45, 7) is 0.462. The van der Waals surface area contributed by atoms with Crippen molar-refractivity contribution < 1.29 is 14.4 Å². The summed E-state index contributed by atoms with van der Waals surface area (Å²) in [5.74, 6) is -0.720. The number of amides is 3. The summed E-state index contributed by atoms with van der Waals surface area (Å²) in [4.78, 5) is 40.4. The Balaban J connectivity index is 1.69. The molecule has 0 radical (unpaired) electrons. The number of likely N-dealkylation sites (tertiary alicyclic amines) is 1. The second-order valence-electron chi connectivity index (χ2n) is 7.27. The number of nitrogens with one attached hydrogen (secondary N) is 1. The first-order chi connectivity index (χ1) is 12.4. The molecule has 1 atom stereocenters. The van der Waals surface area contributed by atoms with Gasteiger partial charge in [0.2, 0.25) is 11.8 Å². The topological polar surface area (TPSA) is 69.7 Å². The van der Waals surface area contributed by atoms with Gasteiger partial charge in [0.15, 0.2) is 0 Å². The minimum atomic E-state index is -0.382. The van der Waals surface area contributed by atoms with E-state index in [2.05, 4.69) is 5.32 Å². The molecule has 0 spiro atoms. The van der Waals surface area contributed by atoms with Gasteiger partial charge in [-0.2, -0.15) is 0 Å². The Morgan fingerprint density at radius 2 is 1.92 bits per heavy atom. The fourth-order valence-corrected chi connectivity index (χ4v) is 3.89. The highest BCUT2D eigenvalue weighted by atomic mass is 35.5. The molecule has 7 heteroatoms. The van der Waals surface area contributed by atoms with Crippen molar-refractivity contribution in [2.45, 2.75) is 38.1 Å². The van der Waals surface area contributed by atoms with Gasteiger partial charge in [0.05, 0.1) is 16.6 Å². The van der Waals surface area contributed by atoms with E-state index in [9.17, 15) is 14.4 Å². The van der Waals surface area contributed by atoms with Gasteiger partial charge in [-0.3, -0.25) is 14.4 Å². The summed E-state index contributed by atoms with van der Waals surface area (Å²) in [5.41, 5.74) is 0.848. The number of hydrogen-bond acceptors (Lipinski definition) is 3. The van der Waals surface area contributed by atoms with E-state index in [1.54, 1.807) is 32.3 Å². The number of benzene rings is 1. The van der Waals surface area contributed by atoms with Crippen LogP contribution in [0.3, 0.4) is 0 Å². The van der Waals surface area contributed by atoms with Crippen molar-refractivity contribution in [3.8, 4) is 0 Å². The number of nitrogens with zero attached hydrogens (tertiary/aromatic N) is 2. The van der Waals surface area contributed by atoms with E-state index in [0.717, 1.165) is 25.7 Å². The Kier molecular flexibility index (Phi) is 5.51. The highest BCUT2D eigenvalue weighted by molar-refractivity contribution is 6.34. The average molecular weight is 378 g/mol. The maximum Gasteiger partial charge on any atom is 0.253 e. The van der Waals surface area contributed by atoms with Crippen LogP contribution >= 0.6 is 11.6 Å². The molecule has 1 heterocycles. The van der Waals surface area contributed by atoms with Gasteiger partial charge in [-0.1, -0.05) is 24.4 Å². The lowest BCUT2D eigenvalue weighted by Gasteiger charge is -2.24. The number of anilines is 1. The second kappa shape index (κ2) is 7.66. The quantitative estimate of drug-likeness (QED) is 0.877. The van der Waals surface area contributed by atoms with Gasteiger partial charge < -0.3 is 15.1 Å². The first-order valence-electron chi connectivity index (χ1n) is 8.98. The Hall–Kier alpha value is -2.08. The third-order valence-corrected chi connectivity index (χ3v) is 5.50. The van der Waals surface area contributed by atoms with Gasteiger partial charge in [0.25, 0.3) is 5.91 Å². The normalized spacial score (nSPS) is 20.5. The number of halogens is 1. The van der Waals surface area contributed by atoms with Crippen LogP contribution in [-0.2, 0) is 9.59 Å². The van der Waals surface area contributed by atoms with E-state index in [-0.39, 0.29) is 36.1 Å². The molecule has 1 saturated carbocycles. The predicted molar refractivity (Wildman–Crippen MR) is 100 cm³/mol. The fourth-order valence-electron chi connectivity index (χ4n) is 3.72. The molecule has 0 aromatic heterocycles. The maximum atomic E-state index is 12.6. The molecule has 3 amide bonds. The van der Waals surface area contributed by atoms with Crippen molar-refractivity contribution in [1.29, 1.82) is 0 Å². The van der Waals surface area contributed by atoms with E-state index < -0.39 is 0 Å². The third kappa shape index (κ3) is 3.85. The molecule has 140 valence electrons. The van der Waals surface area contributed by atoms with E-state index in [4.69, 9.17) is 11.6 Å². The van der Waals surface area contributed by atoms with Crippen LogP contribution in [0.5, 0.6) is 0 Å². The van der Waals surface area contributed by atoms with E-state index in [1.807, 2.05) is 4.90 Å². The molecular weight excluding hydrogens is 354 g/mol. The minimum absolute atomic E-state index is 0.0553. The molecule has 2 aliphatic rings. The third-order valence-electron chi connectivity index (χ3n) is 5.17. The summed E-state index contributed by atoms with van der Waals surface area (Å²) in [6.07, 6.45) is 4.58. The number of carbonyl (C=O) groups is 3. The molecule has 1 aliphatic heterocycles. The highest BCUT2D eigenvalue weighted by Gasteiger charge is 2.38. The number of rotatable bonds is 4. The molecule has 2 fully saturated rings. The molecule has 1 aromatic rings. The van der Waals surface area contributed by atoms with Crippen LogP contribution in [0.25, 0.3) is 0 Å². The van der Waals surface area contributed by atoms with E-state index in [0.29, 0.717) is 22.8 Å². The van der Waals surface area contributed by atoms with Crippen LogP contribution in [-0.4, -0.2) is 54.2 Å². The van der Waals surface area contributed by atoms with Crippen molar-refractivity contribution >= 4 is 35.0 Å². The van der Waals surface area contributed by atoms with Crippen molar-refractivity contribution in [2.75, 3.05) is 26.0 Å². The first kappa shape index (κ1) is 18.7. The van der Waals surface area contributed by atoms with Gasteiger partial charge in [-0.05, 0) is 31.0 Å². The molecule has 26 heavy (non-hydrogen) atoms. The zero-order chi connectivity index (χ0) is 18.8. The average Bonchev–Trinajstić information content (AvgIpc) is 3.25. The van der Waals surface area contributed by atoms with Gasteiger partial charge in [-0.25, -0.2) is 0 Å². The van der Waals surface area contributed by atoms with Crippen molar-refractivity contribution in [3.63, 3.8) is 0 Å². The number of carbonyl (C=O) groups excluding carboxylic acids is 3. The van der Waals surface area contributed by atoms with Gasteiger partial charge >= 0.3 is 0 Å². The molecule has 1 N–H and O–H groups in total. The van der Waals surface area contributed by atoms with E-state index >= 15 is 0 Å². The smallest absolute Gasteiger partial charge is 0.253 e. The molecule has 0 bridgehead atoms. The van der Waals surface area contributed by atoms with Crippen molar-refractivity contribution in [3.05, 3.63) is 28.8 Å². The molecule has 1 aromatic carbocycles. The second-order valence-corrected chi connectivity index (χ2v) is 7.68. The molecule has 3 rings (SSSR count). The zero-order valence-corrected chi connectivity index (χ0v) is 15.9. The van der Waals surface area contributed by atoms with Crippen LogP contribution in [0.1, 0.15) is 42.5 Å². The predicted octanol–water partition coefficient (Wildman–Crippen LogP) is 2.77. The Bertz CT molecular complexity index is 729. The molecule has 1 aliphatic carbocycles. The fraction of sp³-hybridized carbons (Fsp3) is 0.526. The van der Waals surface area contributed by atoms with Gasteiger partial charge in [0, 0.05) is 38.7 Å².